The van der Waals surface area contributed by atoms with Crippen molar-refractivity contribution in [2.75, 3.05) is 0 Å². The third kappa shape index (κ3) is 3.44. The van der Waals surface area contributed by atoms with E-state index in [1.54, 1.807) is 5.51 Å². The van der Waals surface area contributed by atoms with Crippen molar-refractivity contribution in [3.05, 3.63) is 16.6 Å². The lowest BCUT2D eigenvalue weighted by molar-refractivity contribution is -0.145. The summed E-state index contributed by atoms with van der Waals surface area (Å²) in [6, 6.07) is -0.447. The first kappa shape index (κ1) is 13.8. The van der Waals surface area contributed by atoms with Gasteiger partial charge in [-0.1, -0.05) is 19.3 Å². The molecular formula is C12H17N3O3S. The third-order valence-corrected chi connectivity index (χ3v) is 4.02. The predicted octanol–water partition coefficient (Wildman–Crippen LogP) is 1.73. The molecule has 1 aliphatic carbocycles. The smallest absolute Gasteiger partial charge is 0.329 e. The van der Waals surface area contributed by atoms with Crippen LogP contribution in [0.15, 0.2) is 10.9 Å². The highest BCUT2D eigenvalue weighted by Gasteiger charge is 2.40. The van der Waals surface area contributed by atoms with Crippen LogP contribution in [0.4, 0.5) is 4.79 Å². The van der Waals surface area contributed by atoms with Crippen molar-refractivity contribution < 1.29 is 14.7 Å². The number of carbonyl (C=O) groups is 2. The van der Waals surface area contributed by atoms with Crippen molar-refractivity contribution >= 4 is 23.3 Å². The van der Waals surface area contributed by atoms with Gasteiger partial charge in [0.05, 0.1) is 17.7 Å². The van der Waals surface area contributed by atoms with Crippen molar-refractivity contribution in [3.8, 4) is 0 Å². The van der Waals surface area contributed by atoms with Crippen LogP contribution >= 0.6 is 11.3 Å². The maximum Gasteiger partial charge on any atom is 0.329 e. The SMILES string of the molecule is O=C(NCc1cscn1)NC1(C(=O)O)CCCCC1. The minimum atomic E-state index is -1.11. The minimum Gasteiger partial charge on any atom is -0.480 e. The molecule has 19 heavy (non-hydrogen) atoms. The van der Waals surface area contributed by atoms with E-state index >= 15 is 0 Å². The normalized spacial score (nSPS) is 17.7. The van der Waals surface area contributed by atoms with Gasteiger partial charge >= 0.3 is 12.0 Å². The molecule has 1 aromatic heterocycles. The topological polar surface area (TPSA) is 91.3 Å². The van der Waals surface area contributed by atoms with Crippen molar-refractivity contribution in [3.63, 3.8) is 0 Å². The molecule has 0 bridgehead atoms. The van der Waals surface area contributed by atoms with Gasteiger partial charge in [0.1, 0.15) is 5.54 Å². The van der Waals surface area contributed by atoms with Gasteiger partial charge in [-0.25, -0.2) is 14.6 Å². The summed E-state index contributed by atoms with van der Waals surface area (Å²) in [6.07, 6.45) is 3.67. The van der Waals surface area contributed by atoms with Crippen LogP contribution in [0.5, 0.6) is 0 Å². The zero-order chi connectivity index (χ0) is 13.7. The number of carboxylic acid groups (broad SMARTS) is 1. The molecule has 1 aliphatic rings. The van der Waals surface area contributed by atoms with Gasteiger partial charge in [0.25, 0.3) is 0 Å². The van der Waals surface area contributed by atoms with E-state index in [0.717, 1.165) is 25.0 Å². The lowest BCUT2D eigenvalue weighted by Gasteiger charge is -2.33. The first-order valence-electron chi connectivity index (χ1n) is 6.29. The van der Waals surface area contributed by atoms with Gasteiger partial charge < -0.3 is 15.7 Å². The predicted molar refractivity (Wildman–Crippen MR) is 70.9 cm³/mol. The number of aliphatic carboxylic acids is 1. The number of amides is 2. The van der Waals surface area contributed by atoms with Crippen molar-refractivity contribution in [1.29, 1.82) is 0 Å². The van der Waals surface area contributed by atoms with Crippen molar-refractivity contribution in [1.82, 2.24) is 15.6 Å². The van der Waals surface area contributed by atoms with E-state index < -0.39 is 17.5 Å². The average molecular weight is 283 g/mol. The maximum atomic E-state index is 11.8. The molecule has 1 saturated carbocycles. The Morgan fingerprint density at radius 3 is 2.68 bits per heavy atom. The zero-order valence-corrected chi connectivity index (χ0v) is 11.3. The molecule has 6 nitrogen and oxygen atoms in total. The minimum absolute atomic E-state index is 0.311. The standard InChI is InChI=1S/C12H17N3O3S/c16-10(17)12(4-2-1-3-5-12)15-11(18)13-6-9-7-19-8-14-9/h7-8H,1-6H2,(H,16,17)(H2,13,15,18). The Kier molecular flexibility index (Phi) is 4.36. The average Bonchev–Trinajstić information content (AvgIpc) is 2.90. The monoisotopic (exact) mass is 283 g/mol. The lowest BCUT2D eigenvalue weighted by atomic mass is 9.82. The van der Waals surface area contributed by atoms with E-state index in [0.29, 0.717) is 19.4 Å². The summed E-state index contributed by atoms with van der Waals surface area (Å²) >= 11 is 1.45. The van der Waals surface area contributed by atoms with Crippen molar-refractivity contribution in [2.24, 2.45) is 0 Å². The molecule has 1 aromatic rings. The largest absolute Gasteiger partial charge is 0.480 e. The zero-order valence-electron chi connectivity index (χ0n) is 10.5. The number of hydrogen-bond acceptors (Lipinski definition) is 4. The van der Waals surface area contributed by atoms with Crippen LogP contribution in [-0.4, -0.2) is 27.6 Å². The summed E-state index contributed by atoms with van der Waals surface area (Å²) in [4.78, 5) is 27.2. The lowest BCUT2D eigenvalue weighted by Crippen LogP contribution is -2.57. The Bertz CT molecular complexity index is 441. The summed E-state index contributed by atoms with van der Waals surface area (Å²) < 4.78 is 0. The van der Waals surface area contributed by atoms with Crippen LogP contribution in [0.2, 0.25) is 0 Å². The molecule has 104 valence electrons. The van der Waals surface area contributed by atoms with Gasteiger partial charge in [0.2, 0.25) is 0 Å². The number of rotatable bonds is 4. The molecule has 0 unspecified atom stereocenters. The quantitative estimate of drug-likeness (QED) is 0.784. The Morgan fingerprint density at radius 2 is 2.11 bits per heavy atom. The maximum absolute atomic E-state index is 11.8. The summed E-state index contributed by atoms with van der Waals surface area (Å²) in [5.41, 5.74) is 1.35. The Labute approximate surface area is 115 Å². The summed E-state index contributed by atoms with van der Waals surface area (Å²) in [5, 5.41) is 16.4. The molecule has 0 aromatic carbocycles. The molecular weight excluding hydrogens is 266 g/mol. The van der Waals surface area contributed by atoms with Crippen LogP contribution in [0.25, 0.3) is 0 Å². The van der Waals surface area contributed by atoms with E-state index in [1.807, 2.05) is 5.38 Å². The highest BCUT2D eigenvalue weighted by molar-refractivity contribution is 7.07. The second kappa shape index (κ2) is 6.01. The van der Waals surface area contributed by atoms with Gasteiger partial charge in [-0.15, -0.1) is 11.3 Å². The van der Waals surface area contributed by atoms with Crippen LogP contribution < -0.4 is 10.6 Å². The highest BCUT2D eigenvalue weighted by Crippen LogP contribution is 2.28. The van der Waals surface area contributed by atoms with Gasteiger partial charge in [0.15, 0.2) is 0 Å². The summed E-state index contributed by atoms with van der Waals surface area (Å²) in [5.74, 6) is -0.948. The van der Waals surface area contributed by atoms with Gasteiger partial charge in [0, 0.05) is 5.38 Å². The number of hydrogen-bond donors (Lipinski definition) is 3. The van der Waals surface area contributed by atoms with Gasteiger partial charge in [-0.05, 0) is 12.8 Å². The van der Waals surface area contributed by atoms with E-state index in [-0.39, 0.29) is 0 Å². The number of thiazole rings is 1. The van der Waals surface area contributed by atoms with E-state index in [4.69, 9.17) is 0 Å². The number of carboxylic acids is 1. The van der Waals surface area contributed by atoms with Crippen LogP contribution in [0.3, 0.4) is 0 Å². The van der Waals surface area contributed by atoms with Gasteiger partial charge in [-0.3, -0.25) is 0 Å². The van der Waals surface area contributed by atoms with E-state index in [2.05, 4.69) is 15.6 Å². The molecule has 2 rings (SSSR count). The summed E-state index contributed by atoms with van der Waals surface area (Å²) in [7, 11) is 0. The molecule has 0 atom stereocenters. The molecule has 2 amide bonds. The first-order valence-corrected chi connectivity index (χ1v) is 7.23. The second-order valence-corrected chi connectivity index (χ2v) is 5.45. The second-order valence-electron chi connectivity index (χ2n) is 4.74. The van der Waals surface area contributed by atoms with Crippen LogP contribution in [0.1, 0.15) is 37.8 Å². The number of urea groups is 1. The molecule has 0 radical (unpaired) electrons. The Balaban J connectivity index is 1.90. The van der Waals surface area contributed by atoms with Gasteiger partial charge in [-0.2, -0.15) is 0 Å². The highest BCUT2D eigenvalue weighted by atomic mass is 32.1. The molecule has 0 aliphatic heterocycles. The molecule has 1 heterocycles. The number of nitrogens with one attached hydrogen (secondary N) is 2. The molecule has 3 N–H and O–H groups in total. The molecule has 7 heteroatoms. The fourth-order valence-electron chi connectivity index (χ4n) is 2.30. The fourth-order valence-corrected chi connectivity index (χ4v) is 2.86. The molecule has 1 fully saturated rings. The fraction of sp³-hybridized carbons (Fsp3) is 0.583. The number of carbonyl (C=O) groups excluding carboxylic acids is 1. The first-order chi connectivity index (χ1) is 9.12. The third-order valence-electron chi connectivity index (χ3n) is 3.38. The van der Waals surface area contributed by atoms with E-state index in [9.17, 15) is 14.7 Å². The number of nitrogens with zero attached hydrogens (tertiary/aromatic N) is 1. The molecule has 0 saturated heterocycles. The Morgan fingerprint density at radius 1 is 1.37 bits per heavy atom. The van der Waals surface area contributed by atoms with Crippen LogP contribution in [0, 0.1) is 0 Å². The molecule has 0 spiro atoms. The number of aromatic nitrogens is 1. The van der Waals surface area contributed by atoms with Crippen LogP contribution in [-0.2, 0) is 11.3 Å². The van der Waals surface area contributed by atoms with E-state index in [1.165, 1.54) is 11.3 Å². The summed E-state index contributed by atoms with van der Waals surface area (Å²) in [6.45, 7) is 0.311. The Hall–Kier alpha value is -1.63. The van der Waals surface area contributed by atoms with Crippen molar-refractivity contribution in [2.45, 2.75) is 44.2 Å².